The highest BCUT2D eigenvalue weighted by atomic mass is 32.1. The van der Waals surface area contributed by atoms with E-state index < -0.39 is 0 Å². The van der Waals surface area contributed by atoms with Gasteiger partial charge in [-0.1, -0.05) is 6.07 Å². The number of thiocarbonyl (C=S) groups is 1. The largest absolute Gasteiger partial charge is 0.490 e. The molecule has 1 saturated heterocycles. The van der Waals surface area contributed by atoms with Gasteiger partial charge in [-0.15, -0.1) is 0 Å². The number of aryl methyl sites for hydroxylation is 2. The van der Waals surface area contributed by atoms with Crippen molar-refractivity contribution >= 4 is 23.0 Å². The van der Waals surface area contributed by atoms with Gasteiger partial charge >= 0.3 is 0 Å². The third-order valence-corrected chi connectivity index (χ3v) is 8.05. The van der Waals surface area contributed by atoms with Gasteiger partial charge in [0.05, 0.1) is 23.9 Å². The fraction of sp³-hybridized carbons (Fsp3) is 0.323. The van der Waals surface area contributed by atoms with Crippen molar-refractivity contribution in [1.29, 1.82) is 0 Å². The van der Waals surface area contributed by atoms with Crippen molar-refractivity contribution in [2.24, 2.45) is 0 Å². The van der Waals surface area contributed by atoms with E-state index in [1.807, 2.05) is 30.6 Å². The van der Waals surface area contributed by atoms with E-state index >= 15 is 0 Å². The normalized spacial score (nSPS) is 19.7. The van der Waals surface area contributed by atoms with E-state index in [9.17, 15) is 0 Å². The maximum Gasteiger partial charge on any atom is 0.174 e. The third kappa shape index (κ3) is 4.56. The number of hydrogen-bond donors (Lipinski definition) is 1. The second kappa shape index (κ2) is 10.2. The molecule has 2 atom stereocenters. The van der Waals surface area contributed by atoms with Crippen LogP contribution >= 0.6 is 12.2 Å². The average Bonchev–Trinajstić information content (AvgIpc) is 3.63. The van der Waals surface area contributed by atoms with Crippen molar-refractivity contribution in [3.63, 3.8) is 0 Å². The molecule has 1 saturated carbocycles. The highest BCUT2D eigenvalue weighted by molar-refractivity contribution is 7.80. The summed E-state index contributed by atoms with van der Waals surface area (Å²) < 4.78 is 8.46. The molecule has 38 heavy (non-hydrogen) atoms. The number of hydrogen-bond acceptors (Lipinski definition) is 4. The predicted octanol–water partition coefficient (Wildman–Crippen LogP) is 6.69. The first-order valence-corrected chi connectivity index (χ1v) is 13.8. The molecule has 3 aromatic heterocycles. The van der Waals surface area contributed by atoms with Crippen LogP contribution in [0.3, 0.4) is 0 Å². The van der Waals surface area contributed by atoms with Crippen LogP contribution in [0.5, 0.6) is 5.75 Å². The summed E-state index contributed by atoms with van der Waals surface area (Å²) in [6.07, 6.45) is 8.83. The molecule has 194 valence electrons. The van der Waals surface area contributed by atoms with Crippen LogP contribution in [-0.2, 0) is 0 Å². The molecule has 0 radical (unpaired) electrons. The Balaban J connectivity index is 1.41. The van der Waals surface area contributed by atoms with Crippen LogP contribution < -0.4 is 15.0 Å². The average molecular weight is 524 g/mol. The molecule has 6 rings (SSSR count). The van der Waals surface area contributed by atoms with Crippen molar-refractivity contribution < 1.29 is 4.74 Å². The third-order valence-electron chi connectivity index (χ3n) is 7.74. The molecule has 1 N–H and O–H groups in total. The first-order chi connectivity index (χ1) is 18.5. The second-order valence-corrected chi connectivity index (χ2v) is 10.8. The smallest absolute Gasteiger partial charge is 0.174 e. The number of pyridine rings is 2. The molecule has 0 bridgehead atoms. The van der Waals surface area contributed by atoms with Gasteiger partial charge in [0.1, 0.15) is 11.6 Å². The maximum atomic E-state index is 6.23. The van der Waals surface area contributed by atoms with E-state index in [1.165, 1.54) is 24.0 Å². The number of anilines is 1. The zero-order chi connectivity index (χ0) is 26.2. The number of benzene rings is 1. The summed E-state index contributed by atoms with van der Waals surface area (Å²) in [6, 6.07) is 20.7. The fourth-order valence-corrected chi connectivity index (χ4v) is 6.26. The summed E-state index contributed by atoms with van der Waals surface area (Å²) in [5.41, 5.74) is 6.64. The summed E-state index contributed by atoms with van der Waals surface area (Å²) >= 11 is 5.96. The maximum absolute atomic E-state index is 6.23. The Hall–Kier alpha value is -3.71. The fourth-order valence-electron chi connectivity index (χ4n) is 5.92. The van der Waals surface area contributed by atoms with Crippen LogP contribution in [0.4, 0.5) is 5.69 Å². The highest BCUT2D eigenvalue weighted by Gasteiger charge is 2.42. The molecule has 0 amide bonds. The van der Waals surface area contributed by atoms with Crippen LogP contribution in [0.1, 0.15) is 66.0 Å². The standard InChI is InChI=1S/C31H33N5OS/c1-20-15-17-33-28(18-20)35-21(2)19-26(22(35)3)30-29(27-10-6-7-16-32-27)34-31(38)36(30)23-11-13-25(14-12-23)37-24-8-4-5-9-24/h6-7,10-19,24,29-30H,4-5,8-9H2,1-3H3,(H,34,38)/t29-,30-/m0/s1. The summed E-state index contributed by atoms with van der Waals surface area (Å²) in [6.45, 7) is 6.40. The van der Waals surface area contributed by atoms with Gasteiger partial charge in [-0.25, -0.2) is 4.98 Å². The minimum Gasteiger partial charge on any atom is -0.490 e. The lowest BCUT2D eigenvalue weighted by molar-refractivity contribution is 0.210. The van der Waals surface area contributed by atoms with Gasteiger partial charge in [-0.05, 0) is 124 Å². The van der Waals surface area contributed by atoms with Crippen molar-refractivity contribution in [2.45, 2.75) is 64.6 Å². The van der Waals surface area contributed by atoms with E-state index in [1.54, 1.807) is 0 Å². The molecule has 1 aliphatic heterocycles. The monoisotopic (exact) mass is 523 g/mol. The van der Waals surface area contributed by atoms with Crippen LogP contribution in [0.2, 0.25) is 0 Å². The number of aromatic nitrogens is 3. The molecule has 1 aliphatic carbocycles. The van der Waals surface area contributed by atoms with Gasteiger partial charge in [0, 0.05) is 29.5 Å². The summed E-state index contributed by atoms with van der Waals surface area (Å²) in [7, 11) is 0. The molecule has 7 heteroatoms. The zero-order valence-electron chi connectivity index (χ0n) is 22.1. The van der Waals surface area contributed by atoms with Gasteiger partial charge in [0.15, 0.2) is 5.11 Å². The number of nitrogens with one attached hydrogen (secondary N) is 1. The summed E-state index contributed by atoms with van der Waals surface area (Å²) in [4.78, 5) is 11.6. The van der Waals surface area contributed by atoms with E-state index in [4.69, 9.17) is 21.9 Å². The molecule has 0 spiro atoms. The van der Waals surface area contributed by atoms with Crippen molar-refractivity contribution in [3.05, 3.63) is 101 Å². The molecule has 4 aromatic rings. The van der Waals surface area contributed by atoms with Crippen LogP contribution in [0.25, 0.3) is 5.82 Å². The Kier molecular flexibility index (Phi) is 6.62. The predicted molar refractivity (Wildman–Crippen MR) is 155 cm³/mol. The molecule has 2 fully saturated rings. The molecule has 4 heterocycles. The Morgan fingerprint density at radius 1 is 0.921 bits per heavy atom. The Morgan fingerprint density at radius 3 is 2.42 bits per heavy atom. The van der Waals surface area contributed by atoms with Gasteiger partial charge in [-0.2, -0.15) is 0 Å². The Bertz CT molecular complexity index is 1440. The van der Waals surface area contributed by atoms with E-state index in [2.05, 4.69) is 83.0 Å². The topological polar surface area (TPSA) is 55.2 Å². The highest BCUT2D eigenvalue weighted by Crippen LogP contribution is 2.44. The van der Waals surface area contributed by atoms with Gasteiger partial charge in [0.25, 0.3) is 0 Å². The van der Waals surface area contributed by atoms with E-state index in [-0.39, 0.29) is 12.1 Å². The summed E-state index contributed by atoms with van der Waals surface area (Å²) in [5.74, 6) is 1.84. The lowest BCUT2D eigenvalue weighted by atomic mass is 9.96. The minimum absolute atomic E-state index is 0.0799. The summed E-state index contributed by atoms with van der Waals surface area (Å²) in [5, 5.41) is 4.27. The van der Waals surface area contributed by atoms with Crippen LogP contribution in [0, 0.1) is 20.8 Å². The quantitative estimate of drug-likeness (QED) is 0.284. The number of rotatable bonds is 6. The van der Waals surface area contributed by atoms with Crippen molar-refractivity contribution in [3.8, 4) is 11.6 Å². The van der Waals surface area contributed by atoms with Crippen LogP contribution in [-0.4, -0.2) is 25.8 Å². The minimum atomic E-state index is -0.0995. The van der Waals surface area contributed by atoms with E-state index in [0.29, 0.717) is 11.2 Å². The van der Waals surface area contributed by atoms with Crippen LogP contribution in [0.15, 0.2) is 73.1 Å². The lowest BCUT2D eigenvalue weighted by Gasteiger charge is -2.28. The van der Waals surface area contributed by atoms with E-state index in [0.717, 1.165) is 47.2 Å². The Labute approximate surface area is 229 Å². The van der Waals surface area contributed by atoms with Crippen molar-refractivity contribution in [2.75, 3.05) is 4.90 Å². The van der Waals surface area contributed by atoms with Gasteiger partial charge < -0.3 is 19.5 Å². The molecular weight excluding hydrogens is 490 g/mol. The zero-order valence-corrected chi connectivity index (χ0v) is 22.9. The Morgan fingerprint density at radius 2 is 1.71 bits per heavy atom. The van der Waals surface area contributed by atoms with Gasteiger partial charge in [-0.3, -0.25) is 4.98 Å². The lowest BCUT2D eigenvalue weighted by Crippen LogP contribution is -2.29. The molecule has 2 aliphatic rings. The second-order valence-electron chi connectivity index (χ2n) is 10.4. The molecule has 0 unspecified atom stereocenters. The molecule has 6 nitrogen and oxygen atoms in total. The first kappa shape index (κ1) is 24.6. The molecule has 1 aromatic carbocycles. The number of ether oxygens (including phenoxy) is 1. The SMILES string of the molecule is Cc1ccnc(-n2c(C)cc([C@H]3[C@H](c4ccccn4)NC(=S)N3c3ccc(OC4CCCC4)cc3)c2C)c1. The molecular formula is C31H33N5OS. The first-order valence-electron chi connectivity index (χ1n) is 13.4. The van der Waals surface area contributed by atoms with Gasteiger partial charge in [0.2, 0.25) is 0 Å². The number of nitrogens with zero attached hydrogens (tertiary/aromatic N) is 4. The van der Waals surface area contributed by atoms with Crippen molar-refractivity contribution in [1.82, 2.24) is 19.9 Å².